The second-order valence-corrected chi connectivity index (χ2v) is 8.59. The number of nitrogens with zero attached hydrogens (tertiary/aromatic N) is 3. The van der Waals surface area contributed by atoms with Gasteiger partial charge in [0, 0.05) is 57.2 Å². The Hall–Kier alpha value is -1.27. The molecular formula is C18H28N4OS. The first-order valence-corrected chi connectivity index (χ1v) is 9.87. The van der Waals surface area contributed by atoms with E-state index in [1.54, 1.807) is 0 Å². The second kappa shape index (κ2) is 6.23. The van der Waals surface area contributed by atoms with Crippen molar-refractivity contribution in [3.05, 3.63) is 17.5 Å². The van der Waals surface area contributed by atoms with Crippen LogP contribution in [0.25, 0.3) is 0 Å². The van der Waals surface area contributed by atoms with Gasteiger partial charge in [-0.3, -0.25) is 4.99 Å². The average molecular weight is 349 g/mol. The maximum atomic E-state index is 5.91. The number of hydrogen-bond donors (Lipinski definition) is 1. The Bertz CT molecular complexity index is 592. The van der Waals surface area contributed by atoms with E-state index in [-0.39, 0.29) is 5.41 Å². The first kappa shape index (κ1) is 16.2. The van der Waals surface area contributed by atoms with Gasteiger partial charge in [-0.2, -0.15) is 0 Å². The van der Waals surface area contributed by atoms with Crippen LogP contribution in [0, 0.1) is 11.3 Å². The van der Waals surface area contributed by atoms with E-state index in [4.69, 9.17) is 4.74 Å². The minimum absolute atomic E-state index is 0.190. The van der Waals surface area contributed by atoms with Gasteiger partial charge in [-0.05, 0) is 23.9 Å². The van der Waals surface area contributed by atoms with Gasteiger partial charge in [-0.25, -0.2) is 0 Å². The number of guanidine groups is 1. The van der Waals surface area contributed by atoms with Gasteiger partial charge in [0.15, 0.2) is 5.96 Å². The Labute approximate surface area is 148 Å². The Kier molecular flexibility index (Phi) is 4.21. The third-order valence-electron chi connectivity index (χ3n) is 5.99. The van der Waals surface area contributed by atoms with Gasteiger partial charge < -0.3 is 19.9 Å². The predicted octanol–water partition coefficient (Wildman–Crippen LogP) is 2.26. The standard InChI is InChI=1S/C18H28N4OS/c1-18(2)15(13-6-11-23-16(13)18)20-17(19-3)22-9-7-21(8-10-22)14-5-4-12-24-14/h4-5,12-13,15-16H,6-11H2,1-3H3,(H,19,20). The summed E-state index contributed by atoms with van der Waals surface area (Å²) in [7, 11) is 1.91. The largest absolute Gasteiger partial charge is 0.377 e. The van der Waals surface area contributed by atoms with Gasteiger partial charge >= 0.3 is 0 Å². The van der Waals surface area contributed by atoms with Gasteiger partial charge in [0.25, 0.3) is 0 Å². The molecule has 5 nitrogen and oxygen atoms in total. The summed E-state index contributed by atoms with van der Waals surface area (Å²) in [6.07, 6.45) is 1.60. The summed E-state index contributed by atoms with van der Waals surface area (Å²) < 4.78 is 5.91. The van der Waals surface area contributed by atoms with Crippen molar-refractivity contribution in [2.45, 2.75) is 32.4 Å². The zero-order valence-corrected chi connectivity index (χ0v) is 15.7. The van der Waals surface area contributed by atoms with Crippen molar-refractivity contribution < 1.29 is 4.74 Å². The molecule has 24 heavy (non-hydrogen) atoms. The van der Waals surface area contributed by atoms with Crippen molar-refractivity contribution in [3.63, 3.8) is 0 Å². The van der Waals surface area contributed by atoms with Crippen LogP contribution in [0.3, 0.4) is 0 Å². The van der Waals surface area contributed by atoms with Gasteiger partial charge in [0.1, 0.15) is 0 Å². The van der Waals surface area contributed by atoms with Crippen LogP contribution in [0.15, 0.2) is 22.5 Å². The number of piperazine rings is 1. The highest BCUT2D eigenvalue weighted by molar-refractivity contribution is 7.14. The molecule has 2 aliphatic heterocycles. The molecule has 0 aromatic carbocycles. The number of fused-ring (bicyclic) bond motifs is 1. The topological polar surface area (TPSA) is 40.1 Å². The number of hydrogen-bond acceptors (Lipinski definition) is 4. The number of aliphatic imine (C=N–C) groups is 1. The van der Waals surface area contributed by atoms with E-state index in [9.17, 15) is 0 Å². The number of nitrogens with one attached hydrogen (secondary N) is 1. The highest BCUT2D eigenvalue weighted by atomic mass is 32.1. The molecule has 1 aliphatic carbocycles. The molecule has 3 fully saturated rings. The lowest BCUT2D eigenvalue weighted by Crippen LogP contribution is -2.68. The van der Waals surface area contributed by atoms with Crippen molar-refractivity contribution in [3.8, 4) is 0 Å². The van der Waals surface area contributed by atoms with E-state index >= 15 is 0 Å². The summed E-state index contributed by atoms with van der Waals surface area (Å²) in [5, 5.41) is 7.30. The van der Waals surface area contributed by atoms with Crippen LogP contribution < -0.4 is 10.2 Å². The van der Waals surface area contributed by atoms with Gasteiger partial charge in [-0.15, -0.1) is 11.3 Å². The maximum absolute atomic E-state index is 5.91. The molecular weight excluding hydrogens is 320 g/mol. The Morgan fingerprint density at radius 3 is 2.79 bits per heavy atom. The summed E-state index contributed by atoms with van der Waals surface area (Å²) >= 11 is 1.83. The SMILES string of the molecule is CN=C(NC1C2CCOC2C1(C)C)N1CCN(c2cccs2)CC1. The Balaban J connectivity index is 1.37. The molecule has 1 saturated carbocycles. The fourth-order valence-corrected chi connectivity index (χ4v) is 5.43. The van der Waals surface area contributed by atoms with Crippen molar-refractivity contribution in [1.82, 2.24) is 10.2 Å². The lowest BCUT2D eigenvalue weighted by atomic mass is 9.57. The predicted molar refractivity (Wildman–Crippen MR) is 100 cm³/mol. The van der Waals surface area contributed by atoms with E-state index in [0.717, 1.165) is 38.7 Å². The highest BCUT2D eigenvalue weighted by Gasteiger charge is 2.59. The van der Waals surface area contributed by atoms with Gasteiger partial charge in [-0.1, -0.05) is 13.8 Å². The quantitative estimate of drug-likeness (QED) is 0.657. The van der Waals surface area contributed by atoms with Crippen LogP contribution in [-0.4, -0.2) is 62.8 Å². The van der Waals surface area contributed by atoms with Crippen LogP contribution in [0.4, 0.5) is 5.00 Å². The molecule has 3 atom stereocenters. The van der Waals surface area contributed by atoms with Gasteiger partial charge in [0.05, 0.1) is 11.1 Å². The fraction of sp³-hybridized carbons (Fsp3) is 0.722. The van der Waals surface area contributed by atoms with Gasteiger partial charge in [0.2, 0.25) is 0 Å². The molecule has 1 aromatic heterocycles. The number of anilines is 1. The van der Waals surface area contributed by atoms with Crippen LogP contribution in [0.1, 0.15) is 20.3 Å². The molecule has 0 radical (unpaired) electrons. The smallest absolute Gasteiger partial charge is 0.194 e. The molecule has 6 heteroatoms. The molecule has 3 aliphatic rings. The third-order valence-corrected chi connectivity index (χ3v) is 6.92. The summed E-state index contributed by atoms with van der Waals surface area (Å²) in [5.74, 6) is 1.70. The summed E-state index contributed by atoms with van der Waals surface area (Å²) in [6.45, 7) is 9.72. The van der Waals surface area contributed by atoms with Crippen molar-refractivity contribution in [2.24, 2.45) is 16.3 Å². The average Bonchev–Trinajstić information content (AvgIpc) is 3.27. The second-order valence-electron chi connectivity index (χ2n) is 7.66. The Morgan fingerprint density at radius 2 is 2.12 bits per heavy atom. The monoisotopic (exact) mass is 348 g/mol. The number of thiophene rings is 1. The van der Waals surface area contributed by atoms with Crippen LogP contribution in [-0.2, 0) is 4.74 Å². The Morgan fingerprint density at radius 1 is 1.33 bits per heavy atom. The lowest BCUT2D eigenvalue weighted by molar-refractivity contribution is -0.107. The minimum atomic E-state index is 0.190. The minimum Gasteiger partial charge on any atom is -0.377 e. The maximum Gasteiger partial charge on any atom is 0.194 e. The molecule has 0 amide bonds. The van der Waals surface area contributed by atoms with Crippen LogP contribution in [0.5, 0.6) is 0 Å². The first-order valence-electron chi connectivity index (χ1n) is 8.99. The zero-order valence-electron chi connectivity index (χ0n) is 14.9. The highest BCUT2D eigenvalue weighted by Crippen LogP contribution is 2.52. The molecule has 132 valence electrons. The molecule has 3 unspecified atom stereocenters. The van der Waals surface area contributed by atoms with E-state index in [0.29, 0.717) is 18.1 Å². The summed E-state index contributed by atoms with van der Waals surface area (Å²) in [4.78, 5) is 9.46. The molecule has 2 saturated heterocycles. The third kappa shape index (κ3) is 2.60. The number of rotatable bonds is 2. The van der Waals surface area contributed by atoms with Crippen molar-refractivity contribution in [2.75, 3.05) is 44.7 Å². The normalized spacial score (nSPS) is 32.5. The molecule has 1 N–H and O–H groups in total. The fourth-order valence-electron chi connectivity index (χ4n) is 4.64. The first-order chi connectivity index (χ1) is 11.6. The molecule has 3 heterocycles. The van der Waals surface area contributed by atoms with E-state index < -0.39 is 0 Å². The van der Waals surface area contributed by atoms with Crippen LogP contribution in [0.2, 0.25) is 0 Å². The molecule has 1 aromatic rings. The van der Waals surface area contributed by atoms with Crippen LogP contribution >= 0.6 is 11.3 Å². The van der Waals surface area contributed by atoms with E-state index in [1.807, 2.05) is 18.4 Å². The van der Waals surface area contributed by atoms with E-state index in [2.05, 4.69) is 51.5 Å². The molecule has 4 rings (SSSR count). The summed E-state index contributed by atoms with van der Waals surface area (Å²) in [5.41, 5.74) is 0.190. The number of ether oxygens (including phenoxy) is 1. The van der Waals surface area contributed by atoms with E-state index in [1.165, 1.54) is 11.4 Å². The van der Waals surface area contributed by atoms with Crippen molar-refractivity contribution >= 4 is 22.3 Å². The zero-order chi connectivity index (χ0) is 16.7. The molecule has 0 spiro atoms. The molecule has 0 bridgehead atoms. The lowest BCUT2D eigenvalue weighted by Gasteiger charge is -2.55. The van der Waals surface area contributed by atoms with Crippen molar-refractivity contribution in [1.29, 1.82) is 0 Å². The summed E-state index contributed by atoms with van der Waals surface area (Å²) in [6, 6.07) is 4.81.